The second-order valence-corrected chi connectivity index (χ2v) is 7.00. The molecule has 0 saturated carbocycles. The van der Waals surface area contributed by atoms with E-state index in [4.69, 9.17) is 9.47 Å². The zero-order valence-corrected chi connectivity index (χ0v) is 16.1. The van der Waals surface area contributed by atoms with Crippen molar-refractivity contribution in [1.82, 2.24) is 10.3 Å². The van der Waals surface area contributed by atoms with Gasteiger partial charge in [0.2, 0.25) is 0 Å². The molecule has 2 atom stereocenters. The summed E-state index contributed by atoms with van der Waals surface area (Å²) in [6, 6.07) is 11.5. The maximum absolute atomic E-state index is 12.4. The summed E-state index contributed by atoms with van der Waals surface area (Å²) in [5.74, 6) is 0.840. The van der Waals surface area contributed by atoms with E-state index in [9.17, 15) is 4.79 Å². The van der Waals surface area contributed by atoms with Crippen LogP contribution in [-0.4, -0.2) is 43.3 Å². The zero-order chi connectivity index (χ0) is 19.2. The molecule has 1 aliphatic rings. The summed E-state index contributed by atoms with van der Waals surface area (Å²) in [5.41, 5.74) is 2.57. The molecule has 1 aromatic carbocycles. The number of carbonyl (C=O) groups is 1. The molecule has 1 fully saturated rings. The Morgan fingerprint density at radius 3 is 2.67 bits per heavy atom. The Kier molecular flexibility index (Phi) is 6.42. The number of nitrogens with one attached hydrogen (secondary N) is 1. The standard InChI is InChI=1S/C21H27N3O3/c1-15-12-24(13-16(2)27-15)20-8-7-18(10-22-20)11-23-21(25)19-6-4-5-17(9-19)14-26-3/h4-10,15-16H,11-14H2,1-3H3,(H,23,25). The number of anilines is 1. The number of pyridine rings is 1. The first-order chi connectivity index (χ1) is 13.0. The van der Waals surface area contributed by atoms with Crippen LogP contribution in [0.1, 0.15) is 35.3 Å². The molecule has 1 N–H and O–H groups in total. The second kappa shape index (κ2) is 8.97. The molecule has 0 radical (unpaired) electrons. The summed E-state index contributed by atoms with van der Waals surface area (Å²) < 4.78 is 10.9. The number of rotatable bonds is 6. The summed E-state index contributed by atoms with van der Waals surface area (Å²) in [4.78, 5) is 19.2. The highest BCUT2D eigenvalue weighted by Gasteiger charge is 2.22. The number of ether oxygens (including phenoxy) is 2. The maximum atomic E-state index is 12.4. The normalized spacial score (nSPS) is 19.7. The van der Waals surface area contributed by atoms with Crippen molar-refractivity contribution in [1.29, 1.82) is 0 Å². The lowest BCUT2D eigenvalue weighted by Crippen LogP contribution is -2.45. The molecule has 2 aromatic rings. The molecule has 6 heteroatoms. The van der Waals surface area contributed by atoms with Gasteiger partial charge in [0.25, 0.3) is 5.91 Å². The minimum absolute atomic E-state index is 0.104. The highest BCUT2D eigenvalue weighted by atomic mass is 16.5. The number of nitrogens with zero attached hydrogens (tertiary/aromatic N) is 2. The molecule has 2 heterocycles. The van der Waals surface area contributed by atoms with Gasteiger partial charge in [0.05, 0.1) is 18.8 Å². The molecule has 1 saturated heterocycles. The Morgan fingerprint density at radius 2 is 2.00 bits per heavy atom. The lowest BCUT2D eigenvalue weighted by atomic mass is 10.1. The SMILES string of the molecule is COCc1cccc(C(=O)NCc2ccc(N3CC(C)OC(C)C3)nc2)c1. The lowest BCUT2D eigenvalue weighted by Gasteiger charge is -2.36. The Morgan fingerprint density at radius 1 is 1.22 bits per heavy atom. The molecule has 0 bridgehead atoms. The Labute approximate surface area is 160 Å². The van der Waals surface area contributed by atoms with Crippen LogP contribution in [0.5, 0.6) is 0 Å². The van der Waals surface area contributed by atoms with Gasteiger partial charge in [0, 0.05) is 38.5 Å². The van der Waals surface area contributed by atoms with Crippen LogP contribution < -0.4 is 10.2 Å². The second-order valence-electron chi connectivity index (χ2n) is 7.00. The van der Waals surface area contributed by atoms with Crippen LogP contribution in [0, 0.1) is 0 Å². The molecule has 0 spiro atoms. The van der Waals surface area contributed by atoms with Gasteiger partial charge in [-0.2, -0.15) is 0 Å². The first-order valence-electron chi connectivity index (χ1n) is 9.26. The average Bonchev–Trinajstić information content (AvgIpc) is 2.66. The predicted octanol–water partition coefficient (Wildman–Crippen LogP) is 2.77. The fraction of sp³-hybridized carbons (Fsp3) is 0.429. The molecule has 2 unspecified atom stereocenters. The van der Waals surface area contributed by atoms with Gasteiger partial charge in [0.15, 0.2) is 0 Å². The van der Waals surface area contributed by atoms with Gasteiger partial charge < -0.3 is 19.7 Å². The molecule has 1 aromatic heterocycles. The number of aromatic nitrogens is 1. The third-order valence-corrected chi connectivity index (χ3v) is 4.51. The number of hydrogen-bond donors (Lipinski definition) is 1. The van der Waals surface area contributed by atoms with Crippen LogP contribution in [-0.2, 0) is 22.6 Å². The van der Waals surface area contributed by atoms with E-state index in [1.54, 1.807) is 13.2 Å². The van der Waals surface area contributed by atoms with Gasteiger partial charge in [-0.3, -0.25) is 4.79 Å². The number of methoxy groups -OCH3 is 1. The first-order valence-corrected chi connectivity index (χ1v) is 9.26. The number of benzene rings is 1. The van der Waals surface area contributed by atoms with Crippen molar-refractivity contribution in [2.75, 3.05) is 25.1 Å². The van der Waals surface area contributed by atoms with Crippen molar-refractivity contribution in [3.8, 4) is 0 Å². The molecule has 1 amide bonds. The minimum atomic E-state index is -0.104. The van der Waals surface area contributed by atoms with E-state index in [1.165, 1.54) is 0 Å². The smallest absolute Gasteiger partial charge is 0.251 e. The van der Waals surface area contributed by atoms with Crippen molar-refractivity contribution in [2.24, 2.45) is 0 Å². The lowest BCUT2D eigenvalue weighted by molar-refractivity contribution is -0.00546. The fourth-order valence-electron chi connectivity index (χ4n) is 3.33. The monoisotopic (exact) mass is 369 g/mol. The van der Waals surface area contributed by atoms with Crippen molar-refractivity contribution in [3.63, 3.8) is 0 Å². The molecule has 27 heavy (non-hydrogen) atoms. The summed E-state index contributed by atoms with van der Waals surface area (Å²) in [7, 11) is 1.64. The third-order valence-electron chi connectivity index (χ3n) is 4.51. The molecule has 144 valence electrons. The van der Waals surface area contributed by atoms with Crippen molar-refractivity contribution in [3.05, 3.63) is 59.3 Å². The van der Waals surface area contributed by atoms with Crippen molar-refractivity contribution < 1.29 is 14.3 Å². The van der Waals surface area contributed by atoms with Gasteiger partial charge in [0.1, 0.15) is 5.82 Å². The average molecular weight is 369 g/mol. The number of morpholine rings is 1. The van der Waals surface area contributed by atoms with Crippen LogP contribution in [0.2, 0.25) is 0 Å². The maximum Gasteiger partial charge on any atom is 0.251 e. The van der Waals surface area contributed by atoms with E-state index in [1.807, 2.05) is 36.5 Å². The molecule has 0 aliphatic carbocycles. The van der Waals surface area contributed by atoms with Crippen LogP contribution in [0.15, 0.2) is 42.6 Å². The summed E-state index contributed by atoms with van der Waals surface area (Å²) >= 11 is 0. The molecule has 1 aliphatic heterocycles. The van der Waals surface area contributed by atoms with Crippen molar-refractivity contribution >= 4 is 11.7 Å². The predicted molar refractivity (Wildman–Crippen MR) is 105 cm³/mol. The van der Waals surface area contributed by atoms with Gasteiger partial charge in [-0.25, -0.2) is 4.98 Å². The molecule has 3 rings (SSSR count). The summed E-state index contributed by atoms with van der Waals surface area (Å²) in [6.07, 6.45) is 2.22. The Hall–Kier alpha value is -2.44. The zero-order valence-electron chi connectivity index (χ0n) is 16.1. The highest BCUT2D eigenvalue weighted by molar-refractivity contribution is 5.94. The highest BCUT2D eigenvalue weighted by Crippen LogP contribution is 2.18. The van der Waals surface area contributed by atoms with Crippen LogP contribution in [0.25, 0.3) is 0 Å². The first kappa shape index (κ1) is 19.3. The molecular weight excluding hydrogens is 342 g/mol. The number of carbonyl (C=O) groups excluding carboxylic acids is 1. The van der Waals surface area contributed by atoms with E-state index in [2.05, 4.69) is 29.0 Å². The van der Waals surface area contributed by atoms with Crippen LogP contribution in [0.4, 0.5) is 5.82 Å². The van der Waals surface area contributed by atoms with E-state index in [-0.39, 0.29) is 18.1 Å². The topological polar surface area (TPSA) is 63.7 Å². The fourth-order valence-corrected chi connectivity index (χ4v) is 3.33. The minimum Gasteiger partial charge on any atom is -0.380 e. The summed E-state index contributed by atoms with van der Waals surface area (Å²) in [5, 5.41) is 2.94. The van der Waals surface area contributed by atoms with Crippen molar-refractivity contribution in [2.45, 2.75) is 39.2 Å². The van der Waals surface area contributed by atoms with Gasteiger partial charge in [-0.05, 0) is 43.2 Å². The van der Waals surface area contributed by atoms with Gasteiger partial charge >= 0.3 is 0 Å². The molecule has 6 nitrogen and oxygen atoms in total. The Balaban J connectivity index is 1.57. The van der Waals surface area contributed by atoms with E-state index in [0.29, 0.717) is 18.7 Å². The quantitative estimate of drug-likeness (QED) is 0.848. The van der Waals surface area contributed by atoms with E-state index in [0.717, 1.165) is 30.0 Å². The summed E-state index contributed by atoms with van der Waals surface area (Å²) in [6.45, 7) is 6.76. The van der Waals surface area contributed by atoms with E-state index >= 15 is 0 Å². The number of amides is 1. The van der Waals surface area contributed by atoms with Crippen LogP contribution in [0.3, 0.4) is 0 Å². The molecular formula is C21H27N3O3. The Bertz CT molecular complexity index is 754. The van der Waals surface area contributed by atoms with E-state index < -0.39 is 0 Å². The van der Waals surface area contributed by atoms with Gasteiger partial charge in [-0.15, -0.1) is 0 Å². The van der Waals surface area contributed by atoms with Crippen LogP contribution >= 0.6 is 0 Å². The number of hydrogen-bond acceptors (Lipinski definition) is 5. The third kappa shape index (κ3) is 5.28. The largest absolute Gasteiger partial charge is 0.380 e. The van der Waals surface area contributed by atoms with Gasteiger partial charge in [-0.1, -0.05) is 18.2 Å².